The lowest BCUT2D eigenvalue weighted by molar-refractivity contribution is -0.134. The van der Waals surface area contributed by atoms with Crippen LogP contribution in [0.15, 0.2) is 30.5 Å². The molecule has 3 saturated carbocycles. The Morgan fingerprint density at radius 1 is 1.22 bits per heavy atom. The molecule has 0 bridgehead atoms. The zero-order chi connectivity index (χ0) is 16.2. The number of ketones is 2. The van der Waals surface area contributed by atoms with Gasteiger partial charge in [-0.2, -0.15) is 0 Å². The summed E-state index contributed by atoms with van der Waals surface area (Å²) < 4.78 is 0. The first-order valence-corrected chi connectivity index (χ1v) is 9.13. The first-order chi connectivity index (χ1) is 11.0. The van der Waals surface area contributed by atoms with E-state index in [0.29, 0.717) is 35.9 Å². The van der Waals surface area contributed by atoms with Gasteiger partial charge in [-0.25, -0.2) is 0 Å². The lowest BCUT2D eigenvalue weighted by atomic mass is 9.46. The maximum Gasteiger partial charge on any atom is 0.155 e. The van der Waals surface area contributed by atoms with Gasteiger partial charge in [-0.15, -0.1) is 5.73 Å². The van der Waals surface area contributed by atoms with Gasteiger partial charge in [0.15, 0.2) is 5.78 Å². The monoisotopic (exact) mass is 310 g/mol. The maximum atomic E-state index is 12.4. The minimum Gasteiger partial charge on any atom is -0.299 e. The molecule has 4 aliphatic carbocycles. The normalized spacial score (nSPS) is 48.2. The molecular weight excluding hydrogens is 284 g/mol. The third-order valence-electron chi connectivity index (χ3n) is 7.70. The van der Waals surface area contributed by atoms with Gasteiger partial charge in [0, 0.05) is 23.7 Å². The van der Waals surface area contributed by atoms with Crippen molar-refractivity contribution in [3.63, 3.8) is 0 Å². The smallest absolute Gasteiger partial charge is 0.155 e. The van der Waals surface area contributed by atoms with Crippen LogP contribution >= 0.6 is 0 Å². The number of rotatable bonds is 1. The van der Waals surface area contributed by atoms with Crippen molar-refractivity contribution in [2.24, 2.45) is 34.5 Å². The van der Waals surface area contributed by atoms with E-state index in [2.05, 4.69) is 31.4 Å². The summed E-state index contributed by atoms with van der Waals surface area (Å²) in [6.07, 6.45) is 13.0. The summed E-state index contributed by atoms with van der Waals surface area (Å²) in [5.41, 5.74) is 2.92. The van der Waals surface area contributed by atoms with Crippen molar-refractivity contribution in [2.75, 3.05) is 0 Å². The molecule has 0 heterocycles. The minimum absolute atomic E-state index is 0.0501. The van der Waals surface area contributed by atoms with Gasteiger partial charge < -0.3 is 0 Å². The van der Waals surface area contributed by atoms with Crippen LogP contribution in [0.3, 0.4) is 0 Å². The van der Waals surface area contributed by atoms with Crippen LogP contribution in [0.25, 0.3) is 0 Å². The summed E-state index contributed by atoms with van der Waals surface area (Å²) in [4.78, 5) is 24.4. The number of hydrogen-bond donors (Lipinski definition) is 0. The lowest BCUT2D eigenvalue weighted by Crippen LogP contribution is -2.52. The fraction of sp³-hybridized carbons (Fsp3) is 0.667. The predicted octanol–water partition coefficient (Wildman–Crippen LogP) is 4.26. The Kier molecular flexibility index (Phi) is 3.32. The van der Waals surface area contributed by atoms with Crippen molar-refractivity contribution in [3.8, 4) is 0 Å². The molecule has 0 aliphatic heterocycles. The summed E-state index contributed by atoms with van der Waals surface area (Å²) in [6.45, 7) is 6.05. The second-order valence-electron chi connectivity index (χ2n) is 8.42. The quantitative estimate of drug-likeness (QED) is 0.678. The molecule has 0 spiro atoms. The van der Waals surface area contributed by atoms with Gasteiger partial charge in [0.25, 0.3) is 0 Å². The van der Waals surface area contributed by atoms with Crippen LogP contribution in [0.2, 0.25) is 0 Å². The van der Waals surface area contributed by atoms with E-state index in [1.54, 1.807) is 6.08 Å². The Morgan fingerprint density at radius 3 is 2.83 bits per heavy atom. The van der Waals surface area contributed by atoms with Crippen LogP contribution in [0.4, 0.5) is 0 Å². The highest BCUT2D eigenvalue weighted by atomic mass is 16.1. The average molecular weight is 310 g/mol. The zero-order valence-electron chi connectivity index (χ0n) is 14.0. The number of fused-ring (bicyclic) bond motifs is 5. The van der Waals surface area contributed by atoms with Gasteiger partial charge in [-0.3, -0.25) is 9.59 Å². The molecule has 2 heteroatoms. The molecule has 0 aromatic heterocycles. The highest BCUT2D eigenvalue weighted by Crippen LogP contribution is 2.64. The Bertz CT molecular complexity index is 638. The average Bonchev–Trinajstić information content (AvgIpc) is 2.84. The van der Waals surface area contributed by atoms with E-state index in [-0.39, 0.29) is 16.6 Å². The van der Waals surface area contributed by atoms with Crippen LogP contribution in [0.5, 0.6) is 0 Å². The minimum atomic E-state index is -0.0821. The van der Waals surface area contributed by atoms with Gasteiger partial charge in [0.1, 0.15) is 5.78 Å². The SMILES string of the molecule is C=C=C[C@]12C=CC(=O)C[C@@H]1CC[C@@H]1[C@@H]2CC[C@]2(C)C(=O)CC[C@@H]12. The Labute approximate surface area is 138 Å². The summed E-state index contributed by atoms with van der Waals surface area (Å²) in [6, 6.07) is 0. The molecule has 4 aliphatic rings. The second-order valence-corrected chi connectivity index (χ2v) is 8.42. The van der Waals surface area contributed by atoms with Crippen molar-refractivity contribution in [3.05, 3.63) is 30.5 Å². The molecule has 0 radical (unpaired) electrons. The molecule has 23 heavy (non-hydrogen) atoms. The topological polar surface area (TPSA) is 34.1 Å². The third-order valence-corrected chi connectivity index (χ3v) is 7.70. The Morgan fingerprint density at radius 2 is 2.04 bits per heavy atom. The molecule has 0 N–H and O–H groups in total. The summed E-state index contributed by atoms with van der Waals surface area (Å²) in [5.74, 6) is 2.85. The summed E-state index contributed by atoms with van der Waals surface area (Å²) in [7, 11) is 0. The van der Waals surface area contributed by atoms with Crippen molar-refractivity contribution in [1.82, 2.24) is 0 Å². The van der Waals surface area contributed by atoms with E-state index in [0.717, 1.165) is 32.1 Å². The first-order valence-electron chi connectivity index (χ1n) is 9.13. The molecule has 0 saturated heterocycles. The maximum absolute atomic E-state index is 12.4. The summed E-state index contributed by atoms with van der Waals surface area (Å²) >= 11 is 0. The highest BCUT2D eigenvalue weighted by Gasteiger charge is 2.60. The standard InChI is InChI=1S/C21H26O2/c1-3-10-21-12-8-15(22)13-14(21)4-5-16-17-6-7-19(23)20(17,2)11-9-18(16)21/h8,10,12,14,16-18H,1,4-7,9,11,13H2,2H3/t14-,16-,17-,18-,20-,21-/m0/s1. The Hall–Kier alpha value is -1.40. The van der Waals surface area contributed by atoms with Gasteiger partial charge in [-0.1, -0.05) is 19.6 Å². The molecule has 0 amide bonds. The Balaban J connectivity index is 1.76. The molecule has 0 aromatic carbocycles. The van der Waals surface area contributed by atoms with Crippen molar-refractivity contribution in [2.45, 2.75) is 51.9 Å². The first kappa shape index (κ1) is 15.1. The zero-order valence-corrected chi connectivity index (χ0v) is 14.0. The van der Waals surface area contributed by atoms with E-state index in [1.807, 2.05) is 0 Å². The van der Waals surface area contributed by atoms with Crippen molar-refractivity contribution < 1.29 is 9.59 Å². The second kappa shape index (κ2) is 5.05. The number of allylic oxidation sites excluding steroid dienone is 3. The van der Waals surface area contributed by atoms with Crippen molar-refractivity contribution in [1.29, 1.82) is 0 Å². The largest absolute Gasteiger partial charge is 0.299 e. The fourth-order valence-electron chi connectivity index (χ4n) is 6.56. The van der Waals surface area contributed by atoms with E-state index in [9.17, 15) is 9.59 Å². The van der Waals surface area contributed by atoms with Crippen LogP contribution in [-0.4, -0.2) is 11.6 Å². The van der Waals surface area contributed by atoms with E-state index in [4.69, 9.17) is 0 Å². The van der Waals surface area contributed by atoms with E-state index in [1.165, 1.54) is 6.42 Å². The molecule has 6 atom stereocenters. The molecule has 0 aromatic rings. The molecule has 3 fully saturated rings. The van der Waals surface area contributed by atoms with Gasteiger partial charge in [-0.05, 0) is 67.9 Å². The fourth-order valence-corrected chi connectivity index (χ4v) is 6.56. The van der Waals surface area contributed by atoms with Crippen LogP contribution in [0, 0.1) is 34.5 Å². The molecule has 122 valence electrons. The number of hydrogen-bond acceptors (Lipinski definition) is 2. The van der Waals surface area contributed by atoms with E-state index >= 15 is 0 Å². The van der Waals surface area contributed by atoms with Crippen LogP contribution in [0.1, 0.15) is 51.9 Å². The predicted molar refractivity (Wildman–Crippen MR) is 89.7 cm³/mol. The van der Waals surface area contributed by atoms with Crippen molar-refractivity contribution >= 4 is 11.6 Å². The lowest BCUT2D eigenvalue weighted by Gasteiger charge is -2.57. The number of carbonyl (C=O) groups excluding carboxylic acids is 2. The molecule has 2 nitrogen and oxygen atoms in total. The number of Topliss-reactive ketones (excluding diaryl/α,β-unsaturated/α-hetero) is 1. The van der Waals surface area contributed by atoms with E-state index < -0.39 is 0 Å². The highest BCUT2D eigenvalue weighted by molar-refractivity contribution is 5.91. The third kappa shape index (κ3) is 1.94. The van der Waals surface area contributed by atoms with Crippen LogP contribution in [-0.2, 0) is 9.59 Å². The van der Waals surface area contributed by atoms with Gasteiger partial charge >= 0.3 is 0 Å². The molecule has 0 unspecified atom stereocenters. The number of carbonyl (C=O) groups is 2. The van der Waals surface area contributed by atoms with Gasteiger partial charge in [0.2, 0.25) is 0 Å². The molecule has 4 rings (SSSR count). The van der Waals surface area contributed by atoms with Gasteiger partial charge in [0.05, 0.1) is 0 Å². The van der Waals surface area contributed by atoms with Crippen LogP contribution < -0.4 is 0 Å². The summed E-state index contributed by atoms with van der Waals surface area (Å²) in [5, 5.41) is 0. The molecular formula is C21H26O2.